The molecule has 0 aliphatic rings. The SMILES string of the molecule is Nc1cccc(COc2ccc(Br)cc2Br)n1. The first-order valence-corrected chi connectivity index (χ1v) is 6.53. The molecule has 0 amide bonds. The maximum Gasteiger partial charge on any atom is 0.134 e. The highest BCUT2D eigenvalue weighted by Gasteiger charge is 2.03. The zero-order valence-electron chi connectivity index (χ0n) is 8.86. The van der Waals surface area contributed by atoms with E-state index in [-0.39, 0.29) is 0 Å². The fourth-order valence-corrected chi connectivity index (χ4v) is 2.48. The Balaban J connectivity index is 2.07. The van der Waals surface area contributed by atoms with Gasteiger partial charge in [0.25, 0.3) is 0 Å². The lowest BCUT2D eigenvalue weighted by Crippen LogP contribution is -2.00. The fourth-order valence-electron chi connectivity index (χ4n) is 1.32. The van der Waals surface area contributed by atoms with Crippen LogP contribution < -0.4 is 10.5 Å². The van der Waals surface area contributed by atoms with Crippen LogP contribution in [0.3, 0.4) is 0 Å². The maximum atomic E-state index is 5.65. The number of nitrogen functional groups attached to an aromatic ring is 1. The van der Waals surface area contributed by atoms with Crippen molar-refractivity contribution in [2.24, 2.45) is 0 Å². The van der Waals surface area contributed by atoms with Crippen molar-refractivity contribution >= 4 is 37.7 Å². The second-order valence-electron chi connectivity index (χ2n) is 3.42. The van der Waals surface area contributed by atoms with Crippen molar-refractivity contribution in [2.75, 3.05) is 5.73 Å². The quantitative estimate of drug-likeness (QED) is 0.909. The fraction of sp³-hybridized carbons (Fsp3) is 0.0833. The summed E-state index contributed by atoms with van der Waals surface area (Å²) in [6, 6.07) is 11.2. The number of hydrogen-bond acceptors (Lipinski definition) is 3. The smallest absolute Gasteiger partial charge is 0.134 e. The number of hydrogen-bond donors (Lipinski definition) is 1. The Bertz CT molecular complexity index is 532. The summed E-state index contributed by atoms with van der Waals surface area (Å²) in [5.41, 5.74) is 6.40. The molecule has 0 saturated heterocycles. The van der Waals surface area contributed by atoms with Gasteiger partial charge in [0.1, 0.15) is 18.2 Å². The van der Waals surface area contributed by atoms with E-state index in [1.165, 1.54) is 0 Å². The number of ether oxygens (including phenoxy) is 1. The van der Waals surface area contributed by atoms with E-state index in [0.717, 1.165) is 20.4 Å². The lowest BCUT2D eigenvalue weighted by molar-refractivity contribution is 0.299. The predicted octanol–water partition coefficient (Wildman–Crippen LogP) is 3.77. The van der Waals surface area contributed by atoms with Gasteiger partial charge < -0.3 is 10.5 Å². The molecule has 0 aliphatic carbocycles. The number of nitrogens with two attached hydrogens (primary N) is 1. The molecule has 0 radical (unpaired) electrons. The van der Waals surface area contributed by atoms with Gasteiger partial charge in [0, 0.05) is 4.47 Å². The topological polar surface area (TPSA) is 48.1 Å². The number of rotatable bonds is 3. The molecule has 0 fully saturated rings. The Hall–Kier alpha value is -1.07. The van der Waals surface area contributed by atoms with Crippen molar-refractivity contribution in [1.82, 2.24) is 4.98 Å². The number of benzene rings is 1. The summed E-state index contributed by atoms with van der Waals surface area (Å²) in [5.74, 6) is 1.28. The van der Waals surface area contributed by atoms with E-state index >= 15 is 0 Å². The van der Waals surface area contributed by atoms with Crippen LogP contribution in [0, 0.1) is 0 Å². The summed E-state index contributed by atoms with van der Waals surface area (Å²) < 4.78 is 7.54. The number of halogens is 2. The van der Waals surface area contributed by atoms with E-state index < -0.39 is 0 Å². The Morgan fingerprint density at radius 2 is 2.00 bits per heavy atom. The van der Waals surface area contributed by atoms with E-state index in [2.05, 4.69) is 36.8 Å². The predicted molar refractivity (Wildman–Crippen MR) is 74.8 cm³/mol. The molecule has 2 rings (SSSR count). The lowest BCUT2D eigenvalue weighted by Gasteiger charge is -2.08. The first kappa shape index (κ1) is 12.4. The van der Waals surface area contributed by atoms with Crippen molar-refractivity contribution in [2.45, 2.75) is 6.61 Å². The first-order valence-electron chi connectivity index (χ1n) is 4.94. The normalized spacial score (nSPS) is 10.2. The van der Waals surface area contributed by atoms with Crippen LogP contribution >= 0.6 is 31.9 Å². The van der Waals surface area contributed by atoms with Crippen LogP contribution in [0.15, 0.2) is 45.3 Å². The van der Waals surface area contributed by atoms with Crippen molar-refractivity contribution in [3.63, 3.8) is 0 Å². The van der Waals surface area contributed by atoms with Crippen molar-refractivity contribution < 1.29 is 4.74 Å². The molecule has 0 bridgehead atoms. The average molecular weight is 358 g/mol. The number of aromatic nitrogens is 1. The van der Waals surface area contributed by atoms with Crippen LogP contribution in [-0.4, -0.2) is 4.98 Å². The zero-order chi connectivity index (χ0) is 12.3. The summed E-state index contributed by atoms with van der Waals surface area (Å²) >= 11 is 6.82. The molecule has 1 aromatic carbocycles. The second-order valence-corrected chi connectivity index (χ2v) is 5.19. The third-order valence-corrected chi connectivity index (χ3v) is 3.21. The number of anilines is 1. The van der Waals surface area contributed by atoms with Crippen LogP contribution in [0.1, 0.15) is 5.69 Å². The Morgan fingerprint density at radius 1 is 1.18 bits per heavy atom. The molecule has 3 nitrogen and oxygen atoms in total. The highest BCUT2D eigenvalue weighted by Crippen LogP contribution is 2.28. The Morgan fingerprint density at radius 3 is 2.71 bits per heavy atom. The van der Waals surface area contributed by atoms with Crippen LogP contribution in [-0.2, 0) is 6.61 Å². The number of nitrogens with zero attached hydrogens (tertiary/aromatic N) is 1. The zero-order valence-corrected chi connectivity index (χ0v) is 12.0. The van der Waals surface area contributed by atoms with E-state index in [4.69, 9.17) is 10.5 Å². The van der Waals surface area contributed by atoms with Crippen molar-refractivity contribution in [3.8, 4) is 5.75 Å². The van der Waals surface area contributed by atoms with Gasteiger partial charge >= 0.3 is 0 Å². The summed E-state index contributed by atoms with van der Waals surface area (Å²) in [7, 11) is 0. The van der Waals surface area contributed by atoms with Gasteiger partial charge in [-0.25, -0.2) is 4.98 Å². The van der Waals surface area contributed by atoms with Gasteiger partial charge in [-0.15, -0.1) is 0 Å². The molecule has 0 aliphatic heterocycles. The molecular formula is C12H10Br2N2O. The minimum absolute atomic E-state index is 0.394. The summed E-state index contributed by atoms with van der Waals surface area (Å²) in [4.78, 5) is 4.16. The minimum Gasteiger partial charge on any atom is -0.486 e. The molecule has 17 heavy (non-hydrogen) atoms. The van der Waals surface area contributed by atoms with Crippen LogP contribution in [0.4, 0.5) is 5.82 Å². The molecule has 0 unspecified atom stereocenters. The van der Waals surface area contributed by atoms with Crippen LogP contribution in [0.5, 0.6) is 5.75 Å². The third kappa shape index (κ3) is 3.44. The maximum absolute atomic E-state index is 5.65. The number of pyridine rings is 1. The minimum atomic E-state index is 0.394. The molecular weight excluding hydrogens is 348 g/mol. The van der Waals surface area contributed by atoms with Gasteiger partial charge in [0.2, 0.25) is 0 Å². The molecule has 1 heterocycles. The van der Waals surface area contributed by atoms with Gasteiger partial charge in [0.05, 0.1) is 10.2 Å². The van der Waals surface area contributed by atoms with E-state index in [1.807, 2.05) is 30.3 Å². The largest absolute Gasteiger partial charge is 0.486 e. The first-order chi connectivity index (χ1) is 8.15. The molecule has 0 saturated carbocycles. The molecule has 2 N–H and O–H groups in total. The van der Waals surface area contributed by atoms with Crippen molar-refractivity contribution in [1.29, 1.82) is 0 Å². The highest BCUT2D eigenvalue weighted by molar-refractivity contribution is 9.11. The second kappa shape index (κ2) is 5.51. The average Bonchev–Trinajstić information content (AvgIpc) is 2.28. The van der Waals surface area contributed by atoms with Gasteiger partial charge in [-0.3, -0.25) is 0 Å². The summed E-state index contributed by atoms with van der Waals surface area (Å²) in [6.45, 7) is 0.394. The standard InChI is InChI=1S/C12H10Br2N2O/c13-8-4-5-11(10(14)6-8)17-7-9-2-1-3-12(15)16-9/h1-6H,7H2,(H2,15,16). The molecule has 0 spiro atoms. The van der Waals surface area contributed by atoms with E-state index in [1.54, 1.807) is 6.07 Å². The molecule has 2 aromatic rings. The summed E-state index contributed by atoms with van der Waals surface area (Å²) in [6.07, 6.45) is 0. The van der Waals surface area contributed by atoms with Gasteiger partial charge in [0.15, 0.2) is 0 Å². The lowest BCUT2D eigenvalue weighted by atomic mass is 10.3. The molecule has 1 aromatic heterocycles. The molecule has 88 valence electrons. The molecule has 0 atom stereocenters. The Kier molecular flexibility index (Phi) is 4.02. The monoisotopic (exact) mass is 356 g/mol. The van der Waals surface area contributed by atoms with E-state index in [9.17, 15) is 0 Å². The summed E-state index contributed by atoms with van der Waals surface area (Å²) in [5, 5.41) is 0. The van der Waals surface area contributed by atoms with Gasteiger partial charge in [-0.1, -0.05) is 22.0 Å². The van der Waals surface area contributed by atoms with Gasteiger partial charge in [-0.05, 0) is 46.3 Å². The molecule has 5 heteroatoms. The highest BCUT2D eigenvalue weighted by atomic mass is 79.9. The van der Waals surface area contributed by atoms with Crippen molar-refractivity contribution in [3.05, 3.63) is 51.0 Å². The van der Waals surface area contributed by atoms with Crippen LogP contribution in [0.2, 0.25) is 0 Å². The third-order valence-electron chi connectivity index (χ3n) is 2.10. The van der Waals surface area contributed by atoms with Crippen LogP contribution in [0.25, 0.3) is 0 Å². The Labute approximate surface area is 116 Å². The van der Waals surface area contributed by atoms with Gasteiger partial charge in [-0.2, -0.15) is 0 Å². The van der Waals surface area contributed by atoms with E-state index in [0.29, 0.717) is 12.4 Å².